The summed E-state index contributed by atoms with van der Waals surface area (Å²) in [6.07, 6.45) is 19.5. The molecule has 0 amide bonds. The van der Waals surface area contributed by atoms with E-state index >= 15 is 0 Å². The third-order valence-electron chi connectivity index (χ3n) is 5.19. The van der Waals surface area contributed by atoms with Gasteiger partial charge in [0.05, 0.1) is 0 Å². The van der Waals surface area contributed by atoms with Crippen LogP contribution in [0.3, 0.4) is 0 Å². The van der Waals surface area contributed by atoms with E-state index in [0.29, 0.717) is 6.42 Å². The third kappa shape index (κ3) is 25.7. The summed E-state index contributed by atoms with van der Waals surface area (Å²) >= 11 is 0.0485. The quantitative estimate of drug-likeness (QED) is 0.0771. The van der Waals surface area contributed by atoms with Crippen molar-refractivity contribution in [2.24, 2.45) is 0 Å². The Bertz CT molecular complexity index is 594. The van der Waals surface area contributed by atoms with Crippen molar-refractivity contribution in [1.29, 1.82) is 0 Å². The molecular formula is C24H41O9Zn2. The van der Waals surface area contributed by atoms with E-state index in [0.717, 1.165) is 12.8 Å². The Balaban J connectivity index is -0.000000603. The molecule has 0 rings (SSSR count). The Kier molecular flexibility index (Phi) is 28.4. The van der Waals surface area contributed by atoms with Gasteiger partial charge in [-0.2, -0.15) is 0 Å². The Hall–Kier alpha value is -1.17. The fourth-order valence-corrected chi connectivity index (χ4v) is 3.90. The summed E-state index contributed by atoms with van der Waals surface area (Å²) in [6.45, 7) is 2.26. The van der Waals surface area contributed by atoms with Crippen LogP contribution < -0.4 is 0 Å². The maximum atomic E-state index is 10.7. The van der Waals surface area contributed by atoms with Gasteiger partial charge in [-0.1, -0.05) is 70.4 Å². The van der Waals surface area contributed by atoms with Gasteiger partial charge >= 0.3 is 94.2 Å². The molecule has 0 unspecified atom stereocenters. The molecule has 0 aromatic heterocycles. The van der Waals surface area contributed by atoms with E-state index < -0.39 is 42.3 Å². The van der Waals surface area contributed by atoms with Gasteiger partial charge in [0.25, 0.3) is 0 Å². The van der Waals surface area contributed by atoms with E-state index in [9.17, 15) is 19.2 Å². The van der Waals surface area contributed by atoms with Crippen LogP contribution in [0.1, 0.15) is 110 Å². The van der Waals surface area contributed by atoms with E-state index in [1.54, 1.807) is 0 Å². The van der Waals surface area contributed by atoms with E-state index in [2.05, 4.69) is 22.6 Å². The number of allylic oxidation sites excluding steroid dienone is 2. The van der Waals surface area contributed by atoms with E-state index in [-0.39, 0.29) is 38.1 Å². The molecule has 35 heavy (non-hydrogen) atoms. The Morgan fingerprint density at radius 2 is 1.09 bits per heavy atom. The Morgan fingerprint density at radius 3 is 1.43 bits per heavy atom. The molecule has 0 aliphatic rings. The Morgan fingerprint density at radius 1 is 0.686 bits per heavy atom. The van der Waals surface area contributed by atoms with Crippen LogP contribution >= 0.6 is 0 Å². The number of hydrogen-bond acceptors (Lipinski definition) is 5. The van der Waals surface area contributed by atoms with Crippen LogP contribution in [-0.4, -0.2) is 49.9 Å². The van der Waals surface area contributed by atoms with Crippen LogP contribution in [0.25, 0.3) is 0 Å². The van der Waals surface area contributed by atoms with Gasteiger partial charge in [-0.05, 0) is 32.1 Å². The molecule has 195 valence electrons. The number of unbranched alkanes of at least 4 members (excludes halogenated alkanes) is 11. The van der Waals surface area contributed by atoms with Gasteiger partial charge in [0, 0.05) is 25.9 Å². The summed E-state index contributed by atoms with van der Waals surface area (Å²) < 4.78 is 4.58. The van der Waals surface area contributed by atoms with Crippen molar-refractivity contribution in [2.75, 3.05) is 0 Å². The summed E-state index contributed by atoms with van der Waals surface area (Å²) in [4.78, 5) is 41.7. The summed E-state index contributed by atoms with van der Waals surface area (Å²) in [5.41, 5.74) is -2.14. The van der Waals surface area contributed by atoms with Crippen molar-refractivity contribution in [2.45, 2.75) is 115 Å². The number of aliphatic carboxylic acids is 4. The van der Waals surface area contributed by atoms with Crippen LogP contribution in [0.2, 0.25) is 0 Å². The molecule has 0 aromatic rings. The number of carboxylic acid groups (broad SMARTS) is 4. The molecule has 0 spiro atoms. The molecule has 0 aromatic carbocycles. The molecule has 11 heteroatoms. The third-order valence-corrected chi connectivity index (χ3v) is 6.35. The number of carbonyl (C=O) groups is 4. The van der Waals surface area contributed by atoms with Gasteiger partial charge in [-0.3, -0.25) is 4.79 Å². The minimum Gasteiger partial charge on any atom is 0 e. The van der Waals surface area contributed by atoms with Crippen molar-refractivity contribution < 1.29 is 81.3 Å². The maximum Gasteiger partial charge on any atom is 0 e. The summed E-state index contributed by atoms with van der Waals surface area (Å²) in [5.74, 6) is -5.07. The van der Waals surface area contributed by atoms with Crippen molar-refractivity contribution in [3.05, 3.63) is 12.2 Å². The second kappa shape index (κ2) is 25.9. The minimum atomic E-state index is -2.14. The van der Waals surface area contributed by atoms with Gasteiger partial charge in [0.1, 0.15) is 0 Å². The number of rotatable bonds is 21. The zero-order valence-corrected chi connectivity index (χ0v) is 27.1. The van der Waals surface area contributed by atoms with Gasteiger partial charge in [0.15, 0.2) is 0 Å². The van der Waals surface area contributed by atoms with Crippen LogP contribution in [0.15, 0.2) is 12.2 Å². The van der Waals surface area contributed by atoms with Crippen molar-refractivity contribution in [1.82, 2.24) is 0 Å². The zero-order valence-electron chi connectivity index (χ0n) is 21.2. The van der Waals surface area contributed by atoms with Gasteiger partial charge in [-0.25, -0.2) is 0 Å². The first-order chi connectivity index (χ1) is 16.1. The second-order valence-corrected chi connectivity index (χ2v) is 8.92. The topological polar surface area (TPSA) is 158 Å². The second-order valence-electron chi connectivity index (χ2n) is 8.31. The standard InChI is InChI=1S/C18H34O2.C6H7O7.2Zn/c1-2-3-4-5-6-7-8-9-10-11-12-13-14-15-16-17-18(19)20;7-3(8)1-6(13,5(11)12)2-4(9)10;;/h9-10H,2-8,11-17H2,1H3,(H,19,20);1-2H2,(H,7,8)(H,9,10)(H,11,12);;/q;-1;;+1/b10-9-;;;. The predicted molar refractivity (Wildman–Crippen MR) is 123 cm³/mol. The molecule has 0 radical (unpaired) electrons. The molecule has 0 atom stereocenters. The molecule has 0 aliphatic heterocycles. The number of hydrogen-bond donors (Lipinski definition) is 4. The van der Waals surface area contributed by atoms with E-state index in [1.807, 2.05) is 0 Å². The Labute approximate surface area is 231 Å². The summed E-state index contributed by atoms with van der Waals surface area (Å²) in [7, 11) is 0. The summed E-state index contributed by atoms with van der Waals surface area (Å²) in [6, 6.07) is 0. The number of carboxylic acids is 4. The molecule has 0 fully saturated rings. The first-order valence-electron chi connectivity index (χ1n) is 12.1. The van der Waals surface area contributed by atoms with Crippen LogP contribution in [0, 0.1) is 0 Å². The molecule has 0 bridgehead atoms. The average molecular weight is 604 g/mol. The van der Waals surface area contributed by atoms with Crippen molar-refractivity contribution in [3.63, 3.8) is 0 Å². The van der Waals surface area contributed by atoms with E-state index in [4.69, 9.17) is 20.4 Å². The largest absolute Gasteiger partial charge is 0 e. The normalized spacial score (nSPS) is 10.8. The smallest absolute Gasteiger partial charge is 0 e. The van der Waals surface area contributed by atoms with E-state index in [1.165, 1.54) is 70.6 Å². The fraction of sp³-hybridized carbons (Fsp3) is 0.750. The molecule has 0 saturated heterocycles. The van der Waals surface area contributed by atoms with Gasteiger partial charge in [0.2, 0.25) is 0 Å². The SMILES string of the molecule is CCCCCCCC/C=C\CCCCCCCC(=O)O.O=C(O)CC(CC(=O)O)([O][Zn])C(=O)O.[Zn]. The first kappa shape index (κ1) is 38.4. The first-order valence-corrected chi connectivity index (χ1v) is 13.3. The molecule has 9 nitrogen and oxygen atoms in total. The fourth-order valence-electron chi connectivity index (χ4n) is 3.21. The molecule has 4 N–H and O–H groups in total. The van der Waals surface area contributed by atoms with Gasteiger partial charge in [-0.15, -0.1) is 0 Å². The summed E-state index contributed by atoms with van der Waals surface area (Å²) in [5, 5.41) is 34.0. The van der Waals surface area contributed by atoms with Crippen LogP contribution in [0.4, 0.5) is 0 Å². The van der Waals surface area contributed by atoms with Gasteiger partial charge < -0.3 is 5.11 Å². The maximum absolute atomic E-state index is 10.7. The minimum absolute atomic E-state index is 0. The van der Waals surface area contributed by atoms with Crippen LogP contribution in [0.5, 0.6) is 0 Å². The average Bonchev–Trinajstić information content (AvgIpc) is 2.75. The molecule has 0 aliphatic carbocycles. The van der Waals surface area contributed by atoms with Crippen molar-refractivity contribution in [3.8, 4) is 0 Å². The van der Waals surface area contributed by atoms with Crippen molar-refractivity contribution >= 4 is 23.9 Å². The zero-order chi connectivity index (χ0) is 26.2. The monoisotopic (exact) mass is 601 g/mol. The molecule has 0 heterocycles. The molecular weight excluding hydrogens is 563 g/mol. The predicted octanol–water partition coefficient (Wildman–Crippen LogP) is 5.34. The van der Waals surface area contributed by atoms with Crippen LogP contribution in [-0.2, 0) is 60.9 Å². The molecule has 0 saturated carbocycles.